The lowest BCUT2D eigenvalue weighted by Crippen LogP contribution is -2.39. The quantitative estimate of drug-likeness (QED) is 0.471. The molecule has 0 aliphatic heterocycles. The Morgan fingerprint density at radius 3 is 2.50 bits per heavy atom. The van der Waals surface area contributed by atoms with Gasteiger partial charge in [-0.3, -0.25) is 0 Å². The summed E-state index contributed by atoms with van der Waals surface area (Å²) in [7, 11) is -3.30. The number of hydrogen-bond donors (Lipinski definition) is 3. The van der Waals surface area contributed by atoms with Crippen molar-refractivity contribution in [3.63, 3.8) is 0 Å². The van der Waals surface area contributed by atoms with Crippen LogP contribution in [0.5, 0.6) is 0 Å². The summed E-state index contributed by atoms with van der Waals surface area (Å²) in [5, 5.41) is 0. The van der Waals surface area contributed by atoms with E-state index in [0.29, 0.717) is 25.6 Å². The van der Waals surface area contributed by atoms with Crippen LogP contribution < -0.4 is 5.73 Å². The molecule has 0 bridgehead atoms. The van der Waals surface area contributed by atoms with E-state index in [4.69, 9.17) is 19.8 Å². The molecule has 0 aliphatic carbocycles. The molecule has 4 nitrogen and oxygen atoms in total. The first-order valence-corrected chi connectivity index (χ1v) is 5.42. The summed E-state index contributed by atoms with van der Waals surface area (Å²) < 4.78 is 4.73. The van der Waals surface area contributed by atoms with Gasteiger partial charge in [-0.25, -0.2) is 0 Å². The second-order valence-corrected chi connectivity index (χ2v) is 4.34. The van der Waals surface area contributed by atoms with Gasteiger partial charge in [0, 0.05) is 12.7 Å². The SMILES string of the molecule is CCO[Si](O)(O)CCCN. The highest BCUT2D eigenvalue weighted by atomic mass is 28.4. The van der Waals surface area contributed by atoms with Crippen molar-refractivity contribution in [1.29, 1.82) is 0 Å². The van der Waals surface area contributed by atoms with E-state index in [1.165, 1.54) is 0 Å². The standard InChI is InChI=1S/C5H15NO3Si/c1-2-9-10(7,8)5-3-4-6/h7-8H,2-6H2,1H3. The summed E-state index contributed by atoms with van der Waals surface area (Å²) in [4.78, 5) is 18.1. The Hall–Kier alpha value is 0.0569. The van der Waals surface area contributed by atoms with Crippen molar-refractivity contribution >= 4 is 8.80 Å². The van der Waals surface area contributed by atoms with Gasteiger partial charge in [0.2, 0.25) is 0 Å². The first-order valence-electron chi connectivity index (χ1n) is 3.41. The van der Waals surface area contributed by atoms with Crippen molar-refractivity contribution in [1.82, 2.24) is 0 Å². The maximum absolute atomic E-state index is 9.06. The van der Waals surface area contributed by atoms with Crippen molar-refractivity contribution in [3.05, 3.63) is 0 Å². The minimum absolute atomic E-state index is 0.303. The number of rotatable bonds is 5. The highest BCUT2D eigenvalue weighted by Crippen LogP contribution is 2.05. The minimum Gasteiger partial charge on any atom is -0.390 e. The van der Waals surface area contributed by atoms with Crippen molar-refractivity contribution in [3.8, 4) is 0 Å². The molecule has 4 N–H and O–H groups in total. The molecule has 0 aromatic carbocycles. The van der Waals surface area contributed by atoms with E-state index >= 15 is 0 Å². The molecular formula is C5H15NO3Si. The molecule has 0 spiro atoms. The Labute approximate surface area is 62.0 Å². The van der Waals surface area contributed by atoms with E-state index < -0.39 is 8.80 Å². The molecule has 0 heterocycles. The van der Waals surface area contributed by atoms with Gasteiger partial charge in [0.1, 0.15) is 0 Å². The maximum atomic E-state index is 9.06. The molecule has 0 saturated heterocycles. The Kier molecular flexibility index (Phi) is 4.84. The lowest BCUT2D eigenvalue weighted by Gasteiger charge is -2.15. The second-order valence-electron chi connectivity index (χ2n) is 2.07. The van der Waals surface area contributed by atoms with Crippen LogP contribution in [0.25, 0.3) is 0 Å². The van der Waals surface area contributed by atoms with Crippen molar-refractivity contribution in [2.45, 2.75) is 19.4 Å². The Bertz CT molecular complexity index is 89.0. The van der Waals surface area contributed by atoms with Gasteiger partial charge >= 0.3 is 8.80 Å². The normalized spacial score (nSPS) is 12.0. The summed E-state index contributed by atoms with van der Waals surface area (Å²) in [6.07, 6.45) is 0.610. The van der Waals surface area contributed by atoms with Gasteiger partial charge in [0.05, 0.1) is 0 Å². The van der Waals surface area contributed by atoms with Gasteiger partial charge in [-0.2, -0.15) is 0 Å². The van der Waals surface area contributed by atoms with Gasteiger partial charge in [0.25, 0.3) is 0 Å². The molecule has 0 aromatic heterocycles. The van der Waals surface area contributed by atoms with Gasteiger partial charge in [-0.1, -0.05) is 0 Å². The summed E-state index contributed by atoms with van der Waals surface area (Å²) in [5.41, 5.74) is 5.18. The first-order chi connectivity index (χ1) is 4.62. The third-order valence-corrected chi connectivity index (χ3v) is 2.84. The van der Waals surface area contributed by atoms with Crippen LogP contribution in [-0.4, -0.2) is 31.5 Å². The fourth-order valence-corrected chi connectivity index (χ4v) is 1.91. The van der Waals surface area contributed by atoms with E-state index in [-0.39, 0.29) is 0 Å². The summed E-state index contributed by atoms with van der Waals surface area (Å²) >= 11 is 0. The largest absolute Gasteiger partial charge is 0.495 e. The molecule has 0 rings (SSSR count). The molecule has 0 saturated carbocycles. The van der Waals surface area contributed by atoms with E-state index in [2.05, 4.69) is 0 Å². The minimum atomic E-state index is -3.30. The third-order valence-electron chi connectivity index (χ3n) is 1.08. The van der Waals surface area contributed by atoms with Crippen molar-refractivity contribution in [2.24, 2.45) is 5.73 Å². The second kappa shape index (κ2) is 4.81. The van der Waals surface area contributed by atoms with Crippen LogP contribution in [0.15, 0.2) is 0 Å². The molecule has 0 unspecified atom stereocenters. The van der Waals surface area contributed by atoms with Gasteiger partial charge in [0.15, 0.2) is 0 Å². The fourth-order valence-electron chi connectivity index (χ4n) is 0.636. The fraction of sp³-hybridized carbons (Fsp3) is 1.00. The lowest BCUT2D eigenvalue weighted by atomic mass is 10.5. The van der Waals surface area contributed by atoms with Crippen LogP contribution in [0.1, 0.15) is 13.3 Å². The molecule has 0 amide bonds. The molecule has 5 heteroatoms. The van der Waals surface area contributed by atoms with E-state index in [0.717, 1.165) is 0 Å². The van der Waals surface area contributed by atoms with Crippen LogP contribution in [0.2, 0.25) is 6.04 Å². The Morgan fingerprint density at radius 2 is 2.10 bits per heavy atom. The predicted molar refractivity (Wildman–Crippen MR) is 40.3 cm³/mol. The molecule has 0 aromatic rings. The monoisotopic (exact) mass is 165 g/mol. The van der Waals surface area contributed by atoms with Crippen LogP contribution in [-0.2, 0) is 4.43 Å². The summed E-state index contributed by atoms with van der Waals surface area (Å²) in [6, 6.07) is 0.303. The Balaban J connectivity index is 3.42. The van der Waals surface area contributed by atoms with Crippen LogP contribution >= 0.6 is 0 Å². The summed E-state index contributed by atoms with van der Waals surface area (Å²) in [5.74, 6) is 0. The van der Waals surface area contributed by atoms with Crippen LogP contribution in [0.4, 0.5) is 0 Å². The van der Waals surface area contributed by atoms with Crippen LogP contribution in [0.3, 0.4) is 0 Å². The predicted octanol–water partition coefficient (Wildman–Crippen LogP) is -0.705. The average molecular weight is 165 g/mol. The summed E-state index contributed by atoms with van der Waals surface area (Å²) in [6.45, 7) is 2.56. The molecule has 10 heavy (non-hydrogen) atoms. The van der Waals surface area contributed by atoms with E-state index in [1.807, 2.05) is 0 Å². The molecule has 0 aliphatic rings. The lowest BCUT2D eigenvalue weighted by molar-refractivity contribution is 0.155. The first kappa shape index (κ1) is 10.1. The van der Waals surface area contributed by atoms with Gasteiger partial charge in [-0.15, -0.1) is 0 Å². The Morgan fingerprint density at radius 1 is 1.50 bits per heavy atom. The third kappa shape index (κ3) is 4.89. The molecule has 0 fully saturated rings. The zero-order chi connectivity index (χ0) is 8.04. The van der Waals surface area contributed by atoms with E-state index in [9.17, 15) is 0 Å². The smallest absolute Gasteiger partial charge is 0.390 e. The van der Waals surface area contributed by atoms with E-state index in [1.54, 1.807) is 6.92 Å². The number of nitrogens with two attached hydrogens (primary N) is 1. The van der Waals surface area contributed by atoms with Crippen molar-refractivity contribution in [2.75, 3.05) is 13.2 Å². The topological polar surface area (TPSA) is 75.7 Å². The highest BCUT2D eigenvalue weighted by molar-refractivity contribution is 6.57. The van der Waals surface area contributed by atoms with Gasteiger partial charge < -0.3 is 19.8 Å². The zero-order valence-corrected chi connectivity index (χ0v) is 7.21. The molecule has 0 atom stereocenters. The average Bonchev–Trinajstić information content (AvgIpc) is 1.84. The molecular weight excluding hydrogens is 150 g/mol. The molecule has 0 radical (unpaired) electrons. The molecule has 62 valence electrons. The maximum Gasteiger partial charge on any atom is 0.495 e. The van der Waals surface area contributed by atoms with Crippen molar-refractivity contribution < 1.29 is 14.0 Å². The zero-order valence-electron chi connectivity index (χ0n) is 6.21. The van der Waals surface area contributed by atoms with Gasteiger partial charge in [-0.05, 0) is 19.9 Å². The highest BCUT2D eigenvalue weighted by Gasteiger charge is 2.30. The number of hydrogen-bond acceptors (Lipinski definition) is 4. The van der Waals surface area contributed by atoms with Crippen LogP contribution in [0, 0.1) is 0 Å².